The first-order valence-electron chi connectivity index (χ1n) is 8.21. The van der Waals surface area contributed by atoms with E-state index in [1.165, 1.54) is 7.05 Å². The number of nitrogens with one attached hydrogen (secondary N) is 2. The first-order valence-corrected chi connectivity index (χ1v) is 9.09. The third-order valence-electron chi connectivity index (χ3n) is 3.73. The fourth-order valence-corrected chi connectivity index (χ4v) is 3.19. The topological polar surface area (TPSA) is 97.1 Å². The first-order chi connectivity index (χ1) is 13.1. The maximum absolute atomic E-state index is 12.5. The standard InChI is InChI=1S/C19H18N4O3S/c1-12-8-10-14(11-9-12)17-22-23-19(26-17)27-15(13-6-4-3-5-7-13)16(24)21-18(25)20-2/h3-11,15H,1-2H3,(H2,20,21,24,25)/t15-/m1/s1. The zero-order valence-electron chi connectivity index (χ0n) is 14.8. The highest BCUT2D eigenvalue weighted by Crippen LogP contribution is 2.35. The molecule has 0 fully saturated rings. The molecule has 138 valence electrons. The van der Waals surface area contributed by atoms with Crippen molar-refractivity contribution in [2.24, 2.45) is 0 Å². The maximum atomic E-state index is 12.5. The Bertz CT molecular complexity index is 926. The highest BCUT2D eigenvalue weighted by molar-refractivity contribution is 8.00. The van der Waals surface area contributed by atoms with Crippen LogP contribution in [0, 0.1) is 6.92 Å². The summed E-state index contributed by atoms with van der Waals surface area (Å²) in [5.74, 6) is -0.100. The number of benzene rings is 2. The van der Waals surface area contributed by atoms with Gasteiger partial charge in [0.15, 0.2) is 0 Å². The lowest BCUT2D eigenvalue weighted by Gasteiger charge is -2.14. The Hall–Kier alpha value is -3.13. The van der Waals surface area contributed by atoms with Gasteiger partial charge in [-0.05, 0) is 36.4 Å². The van der Waals surface area contributed by atoms with E-state index in [9.17, 15) is 9.59 Å². The van der Waals surface area contributed by atoms with Crippen molar-refractivity contribution >= 4 is 23.7 Å². The minimum atomic E-state index is -0.713. The number of thioether (sulfide) groups is 1. The number of rotatable bonds is 5. The van der Waals surface area contributed by atoms with E-state index in [0.717, 1.165) is 28.5 Å². The second-order valence-corrected chi connectivity index (χ2v) is 6.77. The average Bonchev–Trinajstić information content (AvgIpc) is 3.16. The second kappa shape index (κ2) is 8.50. The minimum absolute atomic E-state index is 0.242. The molecule has 7 nitrogen and oxygen atoms in total. The van der Waals surface area contributed by atoms with E-state index in [1.54, 1.807) is 12.1 Å². The maximum Gasteiger partial charge on any atom is 0.321 e. The van der Waals surface area contributed by atoms with Gasteiger partial charge in [0.1, 0.15) is 5.25 Å². The third kappa shape index (κ3) is 4.73. The fourth-order valence-electron chi connectivity index (χ4n) is 2.31. The number of urea groups is 1. The molecule has 2 N–H and O–H groups in total. The average molecular weight is 382 g/mol. The zero-order valence-corrected chi connectivity index (χ0v) is 15.6. The normalized spacial score (nSPS) is 11.6. The van der Waals surface area contributed by atoms with Gasteiger partial charge >= 0.3 is 6.03 Å². The van der Waals surface area contributed by atoms with Crippen LogP contribution in [0.1, 0.15) is 16.4 Å². The summed E-state index contributed by atoms with van der Waals surface area (Å²) in [6.45, 7) is 1.99. The largest absolute Gasteiger partial charge is 0.411 e. The molecule has 8 heteroatoms. The fraction of sp³-hybridized carbons (Fsp3) is 0.158. The summed E-state index contributed by atoms with van der Waals surface area (Å²) in [7, 11) is 1.44. The molecule has 3 amide bonds. The molecule has 3 aromatic rings. The Kier molecular flexibility index (Phi) is 5.87. The van der Waals surface area contributed by atoms with E-state index in [1.807, 2.05) is 49.4 Å². The van der Waals surface area contributed by atoms with Crippen molar-refractivity contribution in [2.75, 3.05) is 7.05 Å². The van der Waals surface area contributed by atoms with Crippen molar-refractivity contribution in [1.29, 1.82) is 0 Å². The SMILES string of the molecule is CNC(=O)NC(=O)[C@H](Sc1nnc(-c2ccc(C)cc2)o1)c1ccccc1. The minimum Gasteiger partial charge on any atom is -0.411 e. The summed E-state index contributed by atoms with van der Waals surface area (Å²) in [6, 6.07) is 16.2. The van der Waals surface area contributed by atoms with Crippen molar-refractivity contribution in [3.63, 3.8) is 0 Å². The van der Waals surface area contributed by atoms with Gasteiger partial charge in [-0.2, -0.15) is 0 Å². The molecule has 27 heavy (non-hydrogen) atoms. The highest BCUT2D eigenvalue weighted by atomic mass is 32.2. The number of hydrogen-bond donors (Lipinski definition) is 2. The number of amides is 3. The summed E-state index contributed by atoms with van der Waals surface area (Å²) in [5.41, 5.74) is 2.65. The van der Waals surface area contributed by atoms with Crippen molar-refractivity contribution < 1.29 is 14.0 Å². The van der Waals surface area contributed by atoms with Gasteiger partial charge in [0.05, 0.1) is 0 Å². The van der Waals surface area contributed by atoms with E-state index >= 15 is 0 Å². The van der Waals surface area contributed by atoms with Crippen LogP contribution in [0.2, 0.25) is 0 Å². The number of hydrogen-bond acceptors (Lipinski definition) is 6. The lowest BCUT2D eigenvalue weighted by Crippen LogP contribution is -2.39. The smallest absolute Gasteiger partial charge is 0.321 e. The number of carbonyl (C=O) groups is 2. The molecular formula is C19H18N4O3S. The zero-order chi connectivity index (χ0) is 19.2. The molecule has 1 heterocycles. The molecule has 0 radical (unpaired) electrons. The molecule has 1 atom stereocenters. The molecule has 0 spiro atoms. The van der Waals surface area contributed by atoms with Crippen LogP contribution in [0.3, 0.4) is 0 Å². The predicted octanol–water partition coefficient (Wildman–Crippen LogP) is 3.33. The molecule has 0 saturated carbocycles. The van der Waals surface area contributed by atoms with Crippen LogP contribution in [-0.2, 0) is 4.79 Å². The van der Waals surface area contributed by atoms with Gasteiger partial charge in [0.2, 0.25) is 11.8 Å². The van der Waals surface area contributed by atoms with E-state index in [0.29, 0.717) is 5.89 Å². The second-order valence-electron chi connectivity index (χ2n) is 5.72. The van der Waals surface area contributed by atoms with Gasteiger partial charge in [0, 0.05) is 12.6 Å². The number of imide groups is 1. The monoisotopic (exact) mass is 382 g/mol. The molecule has 0 aliphatic carbocycles. The summed E-state index contributed by atoms with van der Waals surface area (Å²) in [6.07, 6.45) is 0. The molecular weight excluding hydrogens is 364 g/mol. The van der Waals surface area contributed by atoms with E-state index in [-0.39, 0.29) is 5.22 Å². The lowest BCUT2D eigenvalue weighted by atomic mass is 10.1. The molecule has 0 aliphatic rings. The van der Waals surface area contributed by atoms with Crippen LogP contribution in [0.4, 0.5) is 4.79 Å². The Morgan fingerprint density at radius 2 is 1.74 bits per heavy atom. The summed E-state index contributed by atoms with van der Waals surface area (Å²) >= 11 is 1.09. The van der Waals surface area contributed by atoms with E-state index < -0.39 is 17.2 Å². The van der Waals surface area contributed by atoms with Crippen molar-refractivity contribution in [2.45, 2.75) is 17.4 Å². The Morgan fingerprint density at radius 3 is 2.41 bits per heavy atom. The number of carbonyl (C=O) groups excluding carboxylic acids is 2. The predicted molar refractivity (Wildman–Crippen MR) is 102 cm³/mol. The van der Waals surface area contributed by atoms with Crippen molar-refractivity contribution in [3.8, 4) is 11.5 Å². The summed E-state index contributed by atoms with van der Waals surface area (Å²) in [5, 5.41) is 12.3. The van der Waals surface area contributed by atoms with Gasteiger partial charge in [-0.1, -0.05) is 48.0 Å². The molecule has 2 aromatic carbocycles. The van der Waals surface area contributed by atoms with E-state index in [2.05, 4.69) is 20.8 Å². The Labute approximate surface area is 160 Å². The first kappa shape index (κ1) is 18.7. The van der Waals surface area contributed by atoms with Crippen LogP contribution in [0.15, 0.2) is 64.2 Å². The van der Waals surface area contributed by atoms with Crippen LogP contribution < -0.4 is 10.6 Å². The van der Waals surface area contributed by atoms with Crippen LogP contribution in [0.25, 0.3) is 11.5 Å². The van der Waals surface area contributed by atoms with Crippen molar-refractivity contribution in [1.82, 2.24) is 20.8 Å². The third-order valence-corrected chi connectivity index (χ3v) is 4.82. The Balaban J connectivity index is 1.83. The van der Waals surface area contributed by atoms with Gasteiger partial charge in [-0.3, -0.25) is 10.1 Å². The number of aryl methyl sites for hydroxylation is 1. The van der Waals surface area contributed by atoms with Crippen molar-refractivity contribution in [3.05, 3.63) is 65.7 Å². The molecule has 0 unspecified atom stereocenters. The number of nitrogens with zero attached hydrogens (tertiary/aromatic N) is 2. The quantitative estimate of drug-likeness (QED) is 0.657. The molecule has 3 rings (SSSR count). The summed E-state index contributed by atoms with van der Waals surface area (Å²) < 4.78 is 5.70. The number of aromatic nitrogens is 2. The summed E-state index contributed by atoms with van der Waals surface area (Å²) in [4.78, 5) is 24.1. The van der Waals surface area contributed by atoms with Crippen LogP contribution >= 0.6 is 11.8 Å². The van der Waals surface area contributed by atoms with Crippen LogP contribution in [-0.4, -0.2) is 29.2 Å². The van der Waals surface area contributed by atoms with E-state index in [4.69, 9.17) is 4.42 Å². The molecule has 1 aromatic heterocycles. The van der Waals surface area contributed by atoms with Gasteiger partial charge < -0.3 is 9.73 Å². The lowest BCUT2D eigenvalue weighted by molar-refractivity contribution is -0.119. The molecule has 0 aliphatic heterocycles. The molecule has 0 saturated heterocycles. The van der Waals surface area contributed by atoms with Gasteiger partial charge in [-0.15, -0.1) is 10.2 Å². The van der Waals surface area contributed by atoms with Crippen LogP contribution in [0.5, 0.6) is 0 Å². The Morgan fingerprint density at radius 1 is 1.04 bits per heavy atom. The molecule has 0 bridgehead atoms. The van der Waals surface area contributed by atoms with Gasteiger partial charge in [-0.25, -0.2) is 4.79 Å². The highest BCUT2D eigenvalue weighted by Gasteiger charge is 2.26. The van der Waals surface area contributed by atoms with Gasteiger partial charge in [0.25, 0.3) is 5.22 Å².